The molecule has 31 heavy (non-hydrogen) atoms. The summed E-state index contributed by atoms with van der Waals surface area (Å²) in [6.07, 6.45) is 0.688. The SMILES string of the molecule is CCc1ccccc1NC(=O)CN(c1cccc([N+](=O)[O-])c1)S(=O)(=O)c1ccccc1. The zero-order valence-electron chi connectivity index (χ0n) is 16.8. The van der Waals surface area contributed by atoms with Crippen molar-refractivity contribution in [1.29, 1.82) is 0 Å². The Labute approximate surface area is 180 Å². The predicted molar refractivity (Wildman–Crippen MR) is 119 cm³/mol. The van der Waals surface area contributed by atoms with Crippen LogP contribution in [0, 0.1) is 10.1 Å². The van der Waals surface area contributed by atoms with E-state index >= 15 is 0 Å². The molecule has 9 heteroatoms. The second-order valence-corrected chi connectivity index (χ2v) is 8.52. The van der Waals surface area contributed by atoms with Gasteiger partial charge in [-0.05, 0) is 36.2 Å². The van der Waals surface area contributed by atoms with Gasteiger partial charge in [0, 0.05) is 17.8 Å². The largest absolute Gasteiger partial charge is 0.324 e. The van der Waals surface area contributed by atoms with Crippen LogP contribution < -0.4 is 9.62 Å². The Morgan fingerprint density at radius 1 is 1.00 bits per heavy atom. The zero-order valence-corrected chi connectivity index (χ0v) is 17.6. The van der Waals surface area contributed by atoms with Gasteiger partial charge in [-0.1, -0.05) is 49.4 Å². The molecular weight excluding hydrogens is 418 g/mol. The van der Waals surface area contributed by atoms with Crippen LogP contribution in [0.15, 0.2) is 83.8 Å². The number of nitrogens with one attached hydrogen (secondary N) is 1. The lowest BCUT2D eigenvalue weighted by atomic mass is 10.1. The number of amides is 1. The van der Waals surface area contributed by atoms with Crippen LogP contribution in [0.5, 0.6) is 0 Å². The average Bonchev–Trinajstić information content (AvgIpc) is 2.78. The highest BCUT2D eigenvalue weighted by atomic mass is 32.2. The van der Waals surface area contributed by atoms with Crippen LogP contribution in [-0.2, 0) is 21.2 Å². The number of sulfonamides is 1. The van der Waals surface area contributed by atoms with Gasteiger partial charge in [0.05, 0.1) is 15.5 Å². The summed E-state index contributed by atoms with van der Waals surface area (Å²) < 4.78 is 27.5. The molecule has 0 unspecified atom stereocenters. The topological polar surface area (TPSA) is 110 Å². The third-order valence-corrected chi connectivity index (χ3v) is 6.41. The van der Waals surface area contributed by atoms with Crippen molar-refractivity contribution < 1.29 is 18.1 Å². The molecule has 0 heterocycles. The quantitative estimate of drug-likeness (QED) is 0.422. The molecular formula is C22H21N3O5S. The minimum absolute atomic E-state index is 0.0248. The van der Waals surface area contributed by atoms with E-state index in [1.807, 2.05) is 19.1 Å². The molecule has 3 rings (SSSR count). The second-order valence-electron chi connectivity index (χ2n) is 6.66. The molecule has 0 aliphatic rings. The summed E-state index contributed by atoms with van der Waals surface area (Å²) in [6.45, 7) is 1.40. The van der Waals surface area contributed by atoms with Crippen LogP contribution >= 0.6 is 0 Å². The normalized spacial score (nSPS) is 11.0. The molecule has 0 radical (unpaired) electrons. The van der Waals surface area contributed by atoms with E-state index in [1.54, 1.807) is 30.3 Å². The van der Waals surface area contributed by atoms with Crippen LogP contribution in [0.1, 0.15) is 12.5 Å². The molecule has 0 aromatic heterocycles. The molecule has 3 aromatic carbocycles. The average molecular weight is 439 g/mol. The van der Waals surface area contributed by atoms with Crippen LogP contribution in [0.3, 0.4) is 0 Å². The van der Waals surface area contributed by atoms with E-state index < -0.39 is 27.4 Å². The Bertz CT molecular complexity index is 1200. The number of nitrogens with zero attached hydrogens (tertiary/aromatic N) is 2. The van der Waals surface area contributed by atoms with Gasteiger partial charge in [0.15, 0.2) is 0 Å². The minimum Gasteiger partial charge on any atom is -0.324 e. The Kier molecular flexibility index (Phi) is 6.66. The van der Waals surface area contributed by atoms with E-state index in [1.165, 1.54) is 30.3 Å². The number of nitro groups is 1. The molecule has 0 bridgehead atoms. The monoisotopic (exact) mass is 439 g/mol. The summed E-state index contributed by atoms with van der Waals surface area (Å²) in [5.41, 5.74) is 1.24. The Balaban J connectivity index is 1.99. The lowest BCUT2D eigenvalue weighted by Crippen LogP contribution is -2.38. The van der Waals surface area contributed by atoms with E-state index in [0.717, 1.165) is 15.9 Å². The number of para-hydroxylation sites is 1. The lowest BCUT2D eigenvalue weighted by molar-refractivity contribution is -0.384. The molecule has 0 atom stereocenters. The van der Waals surface area contributed by atoms with Crippen LogP contribution in [-0.4, -0.2) is 25.8 Å². The van der Waals surface area contributed by atoms with Crippen molar-refractivity contribution >= 4 is 33.0 Å². The molecule has 160 valence electrons. The number of hydrogen-bond donors (Lipinski definition) is 1. The standard InChI is InChI=1S/C22H21N3O5S/c1-2-17-9-6-7-14-21(17)23-22(26)16-24(18-10-8-11-19(15-18)25(27)28)31(29,30)20-12-4-3-5-13-20/h3-15H,2,16H2,1H3,(H,23,26). The number of aryl methyl sites for hydroxylation is 1. The maximum absolute atomic E-state index is 13.3. The summed E-state index contributed by atoms with van der Waals surface area (Å²) in [7, 11) is -4.15. The summed E-state index contributed by atoms with van der Waals surface area (Å²) in [5, 5.41) is 13.9. The van der Waals surface area contributed by atoms with Gasteiger partial charge in [-0.2, -0.15) is 0 Å². The first-order valence-corrected chi connectivity index (χ1v) is 11.0. The van der Waals surface area contributed by atoms with Crippen molar-refractivity contribution in [3.63, 3.8) is 0 Å². The molecule has 3 aromatic rings. The maximum Gasteiger partial charge on any atom is 0.271 e. The van der Waals surface area contributed by atoms with Crippen molar-refractivity contribution in [2.75, 3.05) is 16.2 Å². The van der Waals surface area contributed by atoms with Crippen LogP contribution in [0.2, 0.25) is 0 Å². The van der Waals surface area contributed by atoms with Crippen LogP contribution in [0.25, 0.3) is 0 Å². The third kappa shape index (κ3) is 5.07. The number of carbonyl (C=O) groups is 1. The highest BCUT2D eigenvalue weighted by Gasteiger charge is 2.28. The molecule has 0 aliphatic heterocycles. The molecule has 1 amide bonds. The number of non-ortho nitro benzene ring substituents is 1. The van der Waals surface area contributed by atoms with E-state index in [-0.39, 0.29) is 16.3 Å². The van der Waals surface area contributed by atoms with Gasteiger partial charge in [0.1, 0.15) is 6.54 Å². The fourth-order valence-corrected chi connectivity index (χ4v) is 4.50. The number of nitro benzene ring substituents is 1. The van der Waals surface area contributed by atoms with E-state index in [2.05, 4.69) is 5.32 Å². The molecule has 8 nitrogen and oxygen atoms in total. The summed E-state index contributed by atoms with van der Waals surface area (Å²) in [4.78, 5) is 23.4. The smallest absolute Gasteiger partial charge is 0.271 e. The Morgan fingerprint density at radius 3 is 2.35 bits per heavy atom. The summed E-state index contributed by atoms with van der Waals surface area (Å²) in [6, 6.07) is 20.0. The fourth-order valence-electron chi connectivity index (χ4n) is 3.07. The van der Waals surface area contributed by atoms with Gasteiger partial charge in [0.25, 0.3) is 15.7 Å². The van der Waals surface area contributed by atoms with Gasteiger partial charge in [-0.3, -0.25) is 19.2 Å². The molecule has 0 saturated heterocycles. The Morgan fingerprint density at radius 2 is 1.68 bits per heavy atom. The summed E-state index contributed by atoms with van der Waals surface area (Å²) >= 11 is 0. The Hall–Kier alpha value is -3.72. The minimum atomic E-state index is -4.15. The van der Waals surface area contributed by atoms with Crippen molar-refractivity contribution in [2.24, 2.45) is 0 Å². The third-order valence-electron chi connectivity index (χ3n) is 4.62. The van der Waals surface area contributed by atoms with Crippen LogP contribution in [0.4, 0.5) is 17.1 Å². The predicted octanol–water partition coefficient (Wildman–Crippen LogP) is 3.99. The molecule has 0 spiro atoms. The number of rotatable bonds is 8. The number of carbonyl (C=O) groups excluding carboxylic acids is 1. The van der Waals surface area contributed by atoms with Crippen molar-refractivity contribution in [3.05, 3.63) is 94.5 Å². The number of anilines is 2. The maximum atomic E-state index is 13.3. The molecule has 0 saturated carbocycles. The van der Waals surface area contributed by atoms with Gasteiger partial charge >= 0.3 is 0 Å². The van der Waals surface area contributed by atoms with Gasteiger partial charge in [0.2, 0.25) is 5.91 Å². The van der Waals surface area contributed by atoms with Gasteiger partial charge < -0.3 is 5.32 Å². The number of hydrogen-bond acceptors (Lipinski definition) is 5. The first kappa shape index (κ1) is 22.0. The fraction of sp³-hybridized carbons (Fsp3) is 0.136. The first-order chi connectivity index (χ1) is 14.8. The first-order valence-electron chi connectivity index (χ1n) is 9.53. The lowest BCUT2D eigenvalue weighted by Gasteiger charge is -2.24. The summed E-state index contributed by atoms with van der Waals surface area (Å²) in [5.74, 6) is -0.563. The van der Waals surface area contributed by atoms with Gasteiger partial charge in [-0.15, -0.1) is 0 Å². The zero-order chi connectivity index (χ0) is 22.4. The molecule has 0 fully saturated rings. The van der Waals surface area contributed by atoms with Crippen molar-refractivity contribution in [3.8, 4) is 0 Å². The van der Waals surface area contributed by atoms with Crippen molar-refractivity contribution in [2.45, 2.75) is 18.2 Å². The molecule has 1 N–H and O–H groups in total. The van der Waals surface area contributed by atoms with Crippen molar-refractivity contribution in [1.82, 2.24) is 0 Å². The van der Waals surface area contributed by atoms with Gasteiger partial charge in [-0.25, -0.2) is 8.42 Å². The number of benzene rings is 3. The van der Waals surface area contributed by atoms with E-state index in [4.69, 9.17) is 0 Å². The highest BCUT2D eigenvalue weighted by molar-refractivity contribution is 7.92. The molecule has 0 aliphatic carbocycles. The van der Waals surface area contributed by atoms with E-state index in [9.17, 15) is 23.3 Å². The second kappa shape index (κ2) is 9.40. The van der Waals surface area contributed by atoms with E-state index in [0.29, 0.717) is 12.1 Å². The highest BCUT2D eigenvalue weighted by Crippen LogP contribution is 2.27.